The number of aromatic nitrogens is 2. The number of nitrogens with zero attached hydrogens (tertiary/aromatic N) is 3. The van der Waals surface area contributed by atoms with Gasteiger partial charge in [0.05, 0.1) is 30.7 Å². The Kier molecular flexibility index (Phi) is 4.16. The van der Waals surface area contributed by atoms with Gasteiger partial charge in [0.15, 0.2) is 0 Å². The number of rotatable bonds is 4. The monoisotopic (exact) mass is 489 g/mol. The van der Waals surface area contributed by atoms with Crippen molar-refractivity contribution >= 4 is 44.7 Å². The number of thiophene rings is 1. The first kappa shape index (κ1) is 15.5. The van der Waals surface area contributed by atoms with Crippen molar-refractivity contribution < 1.29 is 25.8 Å². The maximum Gasteiger partial charge on any atom is 0.280 e. The van der Waals surface area contributed by atoms with E-state index in [9.17, 15) is 17.6 Å². The molecule has 0 spiro atoms. The number of imidazole rings is 1. The fraction of sp³-hybridized carbons (Fsp3) is 0.263. The van der Waals surface area contributed by atoms with Crippen LogP contribution in [0.15, 0.2) is 42.9 Å². The van der Waals surface area contributed by atoms with Crippen molar-refractivity contribution in [2.24, 2.45) is 6.98 Å². The van der Waals surface area contributed by atoms with Gasteiger partial charge in [-0.2, -0.15) is 17.4 Å². The molecule has 3 atom stereocenters. The second-order valence-corrected chi connectivity index (χ2v) is 9.62. The van der Waals surface area contributed by atoms with Crippen LogP contribution in [0, 0.1) is 5.82 Å². The van der Waals surface area contributed by atoms with E-state index >= 15 is 0 Å². The summed E-state index contributed by atoms with van der Waals surface area (Å²) >= 11 is 6.59. The molecule has 1 saturated heterocycles. The SMILES string of the molecule is [2H]C1[C@]([2H])(C(=O)Nc2ccc(F)c(Cl)c2)N(C)S(=O)(=O)N[C@]1([2H])c1ccc(-c2cn(C([2H])([2H])[2H])cn2)s1. The van der Waals surface area contributed by atoms with Gasteiger partial charge < -0.3 is 9.88 Å². The number of hydrogen-bond donors (Lipinski definition) is 2. The van der Waals surface area contributed by atoms with Crippen LogP contribution in [0.4, 0.5) is 10.1 Å². The lowest BCUT2D eigenvalue weighted by Gasteiger charge is -2.35. The second-order valence-electron chi connectivity index (χ2n) is 6.43. The van der Waals surface area contributed by atoms with E-state index in [1.54, 1.807) is 0 Å². The van der Waals surface area contributed by atoms with Crippen LogP contribution < -0.4 is 10.0 Å². The third-order valence-corrected chi connectivity index (χ3v) is 7.16. The molecular formula is C19H19ClFN5O3S2. The predicted molar refractivity (Wildman–Crippen MR) is 118 cm³/mol. The van der Waals surface area contributed by atoms with Crippen molar-refractivity contribution in [1.82, 2.24) is 18.6 Å². The second kappa shape index (κ2) is 8.32. The highest BCUT2D eigenvalue weighted by Crippen LogP contribution is 2.35. The predicted octanol–water partition coefficient (Wildman–Crippen LogP) is 3.16. The molecule has 31 heavy (non-hydrogen) atoms. The van der Waals surface area contributed by atoms with Crippen LogP contribution in [0.5, 0.6) is 0 Å². The number of amides is 1. The van der Waals surface area contributed by atoms with Crippen molar-refractivity contribution in [1.29, 1.82) is 0 Å². The zero-order chi connectivity index (χ0) is 27.6. The molecule has 2 N–H and O–H groups in total. The van der Waals surface area contributed by atoms with E-state index < -0.39 is 47.3 Å². The molecule has 1 fully saturated rings. The van der Waals surface area contributed by atoms with Crippen LogP contribution in [0.3, 0.4) is 0 Å². The molecule has 8 nitrogen and oxygen atoms in total. The molecule has 12 heteroatoms. The molecule has 0 saturated carbocycles. The van der Waals surface area contributed by atoms with Crippen LogP contribution >= 0.6 is 22.9 Å². The van der Waals surface area contributed by atoms with Gasteiger partial charge in [-0.25, -0.2) is 9.37 Å². The number of hydrogen-bond acceptors (Lipinski definition) is 5. The molecule has 1 unspecified atom stereocenters. The van der Waals surface area contributed by atoms with Gasteiger partial charge in [0.1, 0.15) is 11.8 Å². The number of benzene rings is 1. The first-order chi connectivity index (χ1) is 17.0. The Balaban J connectivity index is 1.72. The van der Waals surface area contributed by atoms with Crippen LogP contribution in [0.2, 0.25) is 5.02 Å². The number of likely N-dealkylation sites (N-methyl/N-ethyl adjacent to an activating group) is 1. The van der Waals surface area contributed by atoms with Crippen molar-refractivity contribution in [3.05, 3.63) is 58.6 Å². The molecule has 1 aromatic carbocycles. The Labute approximate surface area is 196 Å². The molecule has 0 aliphatic carbocycles. The highest BCUT2D eigenvalue weighted by atomic mass is 35.5. The van der Waals surface area contributed by atoms with E-state index in [1.165, 1.54) is 18.3 Å². The summed E-state index contributed by atoms with van der Waals surface area (Å²) in [6, 6.07) is 0.660. The largest absolute Gasteiger partial charge is 0.340 e. The minimum absolute atomic E-state index is 0.0307. The number of nitrogens with one attached hydrogen (secondary N) is 2. The fourth-order valence-electron chi connectivity index (χ4n) is 2.76. The van der Waals surface area contributed by atoms with Gasteiger partial charge >= 0.3 is 0 Å². The summed E-state index contributed by atoms with van der Waals surface area (Å²) < 4.78 is 91.5. The van der Waals surface area contributed by atoms with Gasteiger partial charge in [0.25, 0.3) is 10.2 Å². The number of aryl methyl sites for hydroxylation is 1. The van der Waals surface area contributed by atoms with Gasteiger partial charge in [-0.3, -0.25) is 4.79 Å². The minimum atomic E-state index is -4.63. The van der Waals surface area contributed by atoms with Gasteiger partial charge in [-0.05, 0) is 36.7 Å². The van der Waals surface area contributed by atoms with Crippen LogP contribution in [0.1, 0.15) is 25.5 Å². The van der Waals surface area contributed by atoms with Crippen LogP contribution in [0.25, 0.3) is 10.6 Å². The minimum Gasteiger partial charge on any atom is -0.340 e. The topological polar surface area (TPSA) is 96.3 Å². The van der Waals surface area contributed by atoms with Gasteiger partial charge in [-0.1, -0.05) is 11.6 Å². The summed E-state index contributed by atoms with van der Waals surface area (Å²) in [6.07, 6.45) is 0.326. The third kappa shape index (κ3) is 4.51. The maximum atomic E-state index is 13.5. The molecule has 3 aromatic rings. The smallest absolute Gasteiger partial charge is 0.280 e. The summed E-state index contributed by atoms with van der Waals surface area (Å²) in [4.78, 5) is 17.6. The number of carbonyl (C=O) groups is 1. The molecule has 2 aromatic heterocycles. The number of anilines is 1. The summed E-state index contributed by atoms with van der Waals surface area (Å²) in [6.45, 7) is -2.47. The van der Waals surface area contributed by atoms with E-state index in [2.05, 4.69) is 15.0 Å². The lowest BCUT2D eigenvalue weighted by Crippen LogP contribution is -2.55. The third-order valence-electron chi connectivity index (χ3n) is 4.34. The maximum absolute atomic E-state index is 13.5. The zero-order valence-electron chi connectivity index (χ0n) is 21.8. The van der Waals surface area contributed by atoms with Gasteiger partial charge in [0, 0.05) is 36.3 Å². The molecule has 1 aliphatic rings. The lowest BCUT2D eigenvalue weighted by molar-refractivity contribution is -0.120. The molecular weight excluding hydrogens is 465 g/mol. The average molecular weight is 490 g/mol. The molecule has 0 radical (unpaired) electrons. The summed E-state index contributed by atoms with van der Waals surface area (Å²) in [5, 5.41) is 1.95. The Bertz CT molecular complexity index is 1480. The summed E-state index contributed by atoms with van der Waals surface area (Å²) in [7, 11) is -3.70. The van der Waals surface area contributed by atoms with Crippen molar-refractivity contribution in [2.75, 3.05) is 12.4 Å². The normalized spacial score (nSPS) is 31.5. The summed E-state index contributed by atoms with van der Waals surface area (Å²) in [5.41, 5.74) is 0.190. The van der Waals surface area contributed by atoms with E-state index in [0.717, 1.165) is 47.5 Å². The quantitative estimate of drug-likeness (QED) is 0.588. The van der Waals surface area contributed by atoms with Crippen molar-refractivity contribution in [3.63, 3.8) is 0 Å². The van der Waals surface area contributed by atoms with Crippen LogP contribution in [-0.4, -0.2) is 41.2 Å². The lowest BCUT2D eigenvalue weighted by atomic mass is 10.1. The first-order valence-corrected chi connectivity index (χ1v) is 11.3. The zero-order valence-corrected chi connectivity index (χ0v) is 18.1. The Morgan fingerprint density at radius 1 is 1.48 bits per heavy atom. The van der Waals surface area contributed by atoms with E-state index in [0.29, 0.717) is 9.18 Å². The standard InChI is InChI=1S/C19H19ClFN5O3S2/c1-25-9-15(22-10-25)18-6-5-17(30-18)14-8-16(26(2)31(28,29)24-14)19(27)23-11-3-4-13(21)12(20)7-11/h3-7,9-10,14,16,24H,8H2,1-2H3,(H,23,27)/t14-,16+/m0/s1/i1D3,8D,14D,16D/t8?,14-,16+. The molecule has 4 rings (SSSR count). The Morgan fingerprint density at radius 3 is 3.00 bits per heavy atom. The Morgan fingerprint density at radius 2 is 2.29 bits per heavy atom. The molecule has 3 heterocycles. The van der Waals surface area contributed by atoms with E-state index in [1.807, 2.05) is 0 Å². The number of halogens is 2. The van der Waals surface area contributed by atoms with Gasteiger partial charge in [-0.15, -0.1) is 11.3 Å². The van der Waals surface area contributed by atoms with Crippen LogP contribution in [-0.2, 0) is 22.0 Å². The highest BCUT2D eigenvalue weighted by molar-refractivity contribution is 7.87. The molecule has 1 amide bonds. The highest BCUT2D eigenvalue weighted by Gasteiger charge is 2.41. The summed E-state index contributed by atoms with van der Waals surface area (Å²) in [5.74, 6) is -2.02. The van der Waals surface area contributed by atoms with Crippen molar-refractivity contribution in [3.8, 4) is 10.6 Å². The first-order valence-electron chi connectivity index (χ1n) is 11.7. The average Bonchev–Trinajstić information content (AvgIpc) is 3.48. The molecule has 1 aliphatic heterocycles. The fourth-order valence-corrected chi connectivity index (χ4v) is 4.93. The number of carbonyl (C=O) groups excluding carboxylic acids is 1. The molecule has 0 bridgehead atoms. The van der Waals surface area contributed by atoms with E-state index in [4.69, 9.17) is 19.8 Å². The van der Waals surface area contributed by atoms with Crippen molar-refractivity contribution in [2.45, 2.75) is 18.4 Å². The van der Waals surface area contributed by atoms with E-state index in [-0.39, 0.29) is 21.3 Å². The Hall–Kier alpha value is -2.31. The van der Waals surface area contributed by atoms with Gasteiger partial charge in [0.2, 0.25) is 5.91 Å². The molecule has 164 valence electrons.